The van der Waals surface area contributed by atoms with E-state index in [0.717, 1.165) is 17.1 Å². The van der Waals surface area contributed by atoms with Gasteiger partial charge in [-0.3, -0.25) is 0 Å². The Balaban J connectivity index is 1.24. The minimum absolute atomic E-state index is 1.12. The molecule has 10 aromatic rings. The van der Waals surface area contributed by atoms with E-state index < -0.39 is 0 Å². The van der Waals surface area contributed by atoms with Crippen LogP contribution in [0.3, 0.4) is 0 Å². The molecule has 10 rings (SSSR count). The number of fused-ring (bicyclic) bond motifs is 7. The van der Waals surface area contributed by atoms with Gasteiger partial charge in [-0.25, -0.2) is 0 Å². The number of para-hydroxylation sites is 4. The number of thiophene rings is 1. The average Bonchev–Trinajstić information content (AvgIpc) is 3.76. The van der Waals surface area contributed by atoms with Gasteiger partial charge in [-0.05, 0) is 134 Å². The molecule has 0 aliphatic carbocycles. The highest BCUT2D eigenvalue weighted by molar-refractivity contribution is 7.17. The fourth-order valence-corrected chi connectivity index (χ4v) is 8.38. The summed E-state index contributed by atoms with van der Waals surface area (Å²) in [5, 5.41) is 11.1. The molecule has 0 saturated carbocycles. The van der Waals surface area contributed by atoms with Gasteiger partial charge in [0.15, 0.2) is 0 Å². The Morgan fingerprint density at radius 3 is 1.80 bits per heavy atom. The lowest BCUT2D eigenvalue weighted by Gasteiger charge is -2.25. The predicted molar refractivity (Wildman–Crippen MR) is 211 cm³/mol. The maximum Gasteiger partial charge on any atom is 0.0547 e. The monoisotopic (exact) mass is 642 g/mol. The van der Waals surface area contributed by atoms with E-state index >= 15 is 0 Å². The lowest BCUT2D eigenvalue weighted by atomic mass is 9.91. The first-order chi connectivity index (χ1) is 24.3. The van der Waals surface area contributed by atoms with Crippen molar-refractivity contribution in [2.24, 2.45) is 0 Å². The SMILES string of the molecule is c1ccc(N(c2ccccc2)c2ccc(-c3cc4cc5sccc5cc4c4cc5c(cc34)c3ccccc3n5-c3ccccc3)cc2)cc1. The third-order valence-corrected chi connectivity index (χ3v) is 10.7. The molecule has 8 aromatic carbocycles. The molecule has 0 aliphatic heterocycles. The molecule has 2 nitrogen and oxygen atoms in total. The summed E-state index contributed by atoms with van der Waals surface area (Å²) < 4.78 is 3.73. The lowest BCUT2D eigenvalue weighted by molar-refractivity contribution is 1.18. The second-order valence-electron chi connectivity index (χ2n) is 12.6. The third-order valence-electron chi connectivity index (χ3n) is 9.80. The van der Waals surface area contributed by atoms with Crippen molar-refractivity contribution in [3.8, 4) is 16.8 Å². The maximum atomic E-state index is 2.44. The van der Waals surface area contributed by atoms with Crippen molar-refractivity contribution in [3.63, 3.8) is 0 Å². The zero-order valence-electron chi connectivity index (χ0n) is 26.6. The number of hydrogen-bond acceptors (Lipinski definition) is 2. The van der Waals surface area contributed by atoms with Crippen molar-refractivity contribution in [1.82, 2.24) is 4.57 Å². The highest BCUT2D eigenvalue weighted by Crippen LogP contribution is 2.43. The van der Waals surface area contributed by atoms with Crippen molar-refractivity contribution in [1.29, 1.82) is 0 Å². The largest absolute Gasteiger partial charge is 0.311 e. The Morgan fingerprint density at radius 2 is 1.06 bits per heavy atom. The molecule has 0 N–H and O–H groups in total. The van der Waals surface area contributed by atoms with Gasteiger partial charge in [0.1, 0.15) is 0 Å². The molecule has 0 amide bonds. The smallest absolute Gasteiger partial charge is 0.0547 e. The Morgan fingerprint density at radius 1 is 0.408 bits per heavy atom. The zero-order chi connectivity index (χ0) is 32.3. The minimum atomic E-state index is 1.12. The van der Waals surface area contributed by atoms with E-state index in [4.69, 9.17) is 0 Å². The average molecular weight is 643 g/mol. The number of anilines is 3. The first-order valence-electron chi connectivity index (χ1n) is 16.7. The standard InChI is InChI=1S/C46H30N2S/c1-4-12-34(13-5-1)47(35-14-6-2-7-15-35)37-22-20-31(21-23-37)39-27-33-28-46-32(24-25-49-46)26-40(33)42-30-45-43(29-41(39)42)38-18-10-11-19-44(38)48(45)36-16-8-3-9-17-36/h1-30H. The number of benzene rings is 8. The molecule has 49 heavy (non-hydrogen) atoms. The van der Waals surface area contributed by atoms with Crippen molar-refractivity contribution in [2.75, 3.05) is 4.90 Å². The van der Waals surface area contributed by atoms with Crippen LogP contribution in [0, 0.1) is 0 Å². The van der Waals surface area contributed by atoms with Crippen molar-refractivity contribution < 1.29 is 0 Å². The Hall–Kier alpha value is -6.16. The molecule has 0 radical (unpaired) electrons. The van der Waals surface area contributed by atoms with Gasteiger partial charge in [-0.15, -0.1) is 11.3 Å². The first kappa shape index (κ1) is 27.9. The minimum Gasteiger partial charge on any atom is -0.311 e. The van der Waals surface area contributed by atoms with Crippen LogP contribution in [0.15, 0.2) is 181 Å². The Labute approximate surface area is 288 Å². The second-order valence-corrected chi connectivity index (χ2v) is 13.6. The molecule has 2 aromatic heterocycles. The van der Waals surface area contributed by atoms with E-state index in [2.05, 4.69) is 191 Å². The zero-order valence-corrected chi connectivity index (χ0v) is 27.4. The molecule has 0 bridgehead atoms. The van der Waals surface area contributed by atoms with E-state index in [1.54, 1.807) is 11.3 Å². The van der Waals surface area contributed by atoms with E-state index in [-0.39, 0.29) is 0 Å². The van der Waals surface area contributed by atoms with Gasteiger partial charge >= 0.3 is 0 Å². The Bertz CT molecular complexity index is 2760. The fourth-order valence-electron chi connectivity index (χ4n) is 7.56. The quantitative estimate of drug-likeness (QED) is 0.170. The van der Waals surface area contributed by atoms with Crippen LogP contribution < -0.4 is 4.90 Å². The molecule has 0 aliphatic rings. The maximum absolute atomic E-state index is 2.44. The molecule has 2 heterocycles. The van der Waals surface area contributed by atoms with Crippen molar-refractivity contribution >= 4 is 81.8 Å². The van der Waals surface area contributed by atoms with Gasteiger partial charge in [0, 0.05) is 38.2 Å². The molecule has 0 spiro atoms. The van der Waals surface area contributed by atoms with E-state index in [0.29, 0.717) is 0 Å². The highest BCUT2D eigenvalue weighted by atomic mass is 32.1. The van der Waals surface area contributed by atoms with Crippen LogP contribution in [0.1, 0.15) is 0 Å². The second kappa shape index (κ2) is 11.2. The summed E-state index contributed by atoms with van der Waals surface area (Å²) in [6.45, 7) is 0. The van der Waals surface area contributed by atoms with Gasteiger partial charge in [-0.1, -0.05) is 84.9 Å². The highest BCUT2D eigenvalue weighted by Gasteiger charge is 2.18. The number of rotatable bonds is 5. The number of aromatic nitrogens is 1. The summed E-state index contributed by atoms with van der Waals surface area (Å²) in [6, 6.07) is 64.1. The summed E-state index contributed by atoms with van der Waals surface area (Å²) in [5.74, 6) is 0. The molecule has 0 atom stereocenters. The third kappa shape index (κ3) is 4.55. The fraction of sp³-hybridized carbons (Fsp3) is 0. The van der Waals surface area contributed by atoms with E-state index in [1.807, 2.05) is 0 Å². The van der Waals surface area contributed by atoms with E-state index in [9.17, 15) is 0 Å². The molecule has 3 heteroatoms. The summed E-state index contributed by atoms with van der Waals surface area (Å²) in [7, 11) is 0. The molecule has 230 valence electrons. The first-order valence-corrected chi connectivity index (χ1v) is 17.6. The molecule has 0 unspecified atom stereocenters. The van der Waals surface area contributed by atoms with Gasteiger partial charge < -0.3 is 9.47 Å². The van der Waals surface area contributed by atoms with Crippen LogP contribution in [0.25, 0.3) is 70.3 Å². The topological polar surface area (TPSA) is 8.17 Å². The number of nitrogens with zero attached hydrogens (tertiary/aromatic N) is 2. The van der Waals surface area contributed by atoms with Crippen molar-refractivity contribution in [3.05, 3.63) is 181 Å². The normalized spacial score (nSPS) is 11.7. The van der Waals surface area contributed by atoms with Gasteiger partial charge in [-0.2, -0.15) is 0 Å². The molecule has 0 fully saturated rings. The predicted octanol–water partition coefficient (Wildman–Crippen LogP) is 13.4. The summed E-state index contributed by atoms with van der Waals surface area (Å²) in [4.78, 5) is 2.32. The van der Waals surface area contributed by atoms with Crippen LogP contribution in [0.2, 0.25) is 0 Å². The van der Waals surface area contributed by atoms with E-state index in [1.165, 1.54) is 70.3 Å². The summed E-state index contributed by atoms with van der Waals surface area (Å²) >= 11 is 1.81. The van der Waals surface area contributed by atoms with Crippen LogP contribution in [-0.2, 0) is 0 Å². The van der Waals surface area contributed by atoms with Gasteiger partial charge in [0.25, 0.3) is 0 Å². The molecular formula is C46H30N2S. The molecule has 0 saturated heterocycles. The summed E-state index contributed by atoms with van der Waals surface area (Å²) in [6.07, 6.45) is 0. The summed E-state index contributed by atoms with van der Waals surface area (Å²) in [5.41, 5.74) is 9.45. The number of hydrogen-bond donors (Lipinski definition) is 0. The van der Waals surface area contributed by atoms with Crippen LogP contribution in [0.5, 0.6) is 0 Å². The van der Waals surface area contributed by atoms with Gasteiger partial charge in [0.2, 0.25) is 0 Å². The van der Waals surface area contributed by atoms with Crippen LogP contribution in [0.4, 0.5) is 17.1 Å². The lowest BCUT2D eigenvalue weighted by Crippen LogP contribution is -2.09. The van der Waals surface area contributed by atoms with Crippen molar-refractivity contribution in [2.45, 2.75) is 0 Å². The molecular weight excluding hydrogens is 613 g/mol. The Kier molecular flexibility index (Phi) is 6.39. The van der Waals surface area contributed by atoms with Crippen LogP contribution in [-0.4, -0.2) is 4.57 Å². The van der Waals surface area contributed by atoms with Gasteiger partial charge in [0.05, 0.1) is 11.0 Å². The van der Waals surface area contributed by atoms with Crippen LogP contribution >= 0.6 is 11.3 Å².